The highest BCUT2D eigenvalue weighted by atomic mass is 16.5. The topological polar surface area (TPSA) is 34.2 Å². The summed E-state index contributed by atoms with van der Waals surface area (Å²) in [7, 11) is 8.19. The van der Waals surface area contributed by atoms with Crippen molar-refractivity contribution in [3.63, 3.8) is 0 Å². The molecular formula is C25H34N2O3. The summed E-state index contributed by atoms with van der Waals surface area (Å²) in [5.74, 6) is 2.64. The second kappa shape index (κ2) is 10.5. The van der Waals surface area contributed by atoms with E-state index >= 15 is 0 Å². The standard InChI is InChI=1S/C25H34N2O3/c1-6-13-30-25-17-19-16-20(28-14-11-26(2)3)7-9-22(19)23-10-8-21(18-24(23)25)29-15-12-27(4)5/h7-10,16-18H,6,11-15H2,1-5H3. The maximum Gasteiger partial charge on any atom is 0.127 e. The lowest BCUT2D eigenvalue weighted by Gasteiger charge is -2.16. The van der Waals surface area contributed by atoms with Crippen LogP contribution in [-0.2, 0) is 0 Å². The van der Waals surface area contributed by atoms with Crippen LogP contribution in [0.15, 0.2) is 42.5 Å². The Labute approximate surface area is 180 Å². The largest absolute Gasteiger partial charge is 0.493 e. The highest BCUT2D eigenvalue weighted by molar-refractivity contribution is 6.11. The molecule has 0 aliphatic carbocycles. The van der Waals surface area contributed by atoms with E-state index < -0.39 is 0 Å². The van der Waals surface area contributed by atoms with Crippen molar-refractivity contribution in [3.05, 3.63) is 42.5 Å². The summed E-state index contributed by atoms with van der Waals surface area (Å²) in [4.78, 5) is 4.23. The lowest BCUT2D eigenvalue weighted by atomic mass is 10.0. The van der Waals surface area contributed by atoms with Gasteiger partial charge < -0.3 is 24.0 Å². The number of fused-ring (bicyclic) bond motifs is 3. The Bertz CT molecular complexity index is 969. The fourth-order valence-electron chi connectivity index (χ4n) is 3.29. The molecule has 0 bridgehead atoms. The molecule has 0 amide bonds. The lowest BCUT2D eigenvalue weighted by Crippen LogP contribution is -2.19. The van der Waals surface area contributed by atoms with E-state index in [2.05, 4.69) is 47.1 Å². The summed E-state index contributed by atoms with van der Waals surface area (Å²) >= 11 is 0. The fourth-order valence-corrected chi connectivity index (χ4v) is 3.29. The summed E-state index contributed by atoms with van der Waals surface area (Å²) in [5.41, 5.74) is 0. The van der Waals surface area contributed by atoms with E-state index in [1.165, 1.54) is 10.8 Å². The van der Waals surface area contributed by atoms with Crippen LogP contribution in [0, 0.1) is 0 Å². The smallest absolute Gasteiger partial charge is 0.127 e. The molecule has 0 aromatic heterocycles. The SMILES string of the molecule is CCCOc1cc2cc(OCCN(C)C)ccc2c2ccc(OCCN(C)C)cc12. The predicted molar refractivity (Wildman–Crippen MR) is 125 cm³/mol. The molecule has 0 saturated carbocycles. The molecular weight excluding hydrogens is 376 g/mol. The van der Waals surface area contributed by atoms with Crippen molar-refractivity contribution in [2.24, 2.45) is 0 Å². The lowest BCUT2D eigenvalue weighted by molar-refractivity contribution is 0.261. The maximum absolute atomic E-state index is 6.12. The molecule has 0 heterocycles. The van der Waals surface area contributed by atoms with Crippen LogP contribution in [-0.4, -0.2) is 70.9 Å². The first-order valence-corrected chi connectivity index (χ1v) is 10.7. The third kappa shape index (κ3) is 5.77. The molecule has 30 heavy (non-hydrogen) atoms. The van der Waals surface area contributed by atoms with Gasteiger partial charge in [0, 0.05) is 18.5 Å². The van der Waals surface area contributed by atoms with E-state index in [0.29, 0.717) is 19.8 Å². The zero-order valence-electron chi connectivity index (χ0n) is 18.9. The number of rotatable bonds is 11. The van der Waals surface area contributed by atoms with Crippen LogP contribution >= 0.6 is 0 Å². The highest BCUT2D eigenvalue weighted by Crippen LogP contribution is 2.37. The van der Waals surface area contributed by atoms with E-state index in [9.17, 15) is 0 Å². The Morgan fingerprint density at radius 1 is 0.633 bits per heavy atom. The van der Waals surface area contributed by atoms with E-state index in [0.717, 1.165) is 47.5 Å². The molecule has 0 radical (unpaired) electrons. The van der Waals surface area contributed by atoms with Gasteiger partial charge in [-0.15, -0.1) is 0 Å². The first-order chi connectivity index (χ1) is 14.5. The van der Waals surface area contributed by atoms with Crippen molar-refractivity contribution in [2.75, 3.05) is 61.1 Å². The maximum atomic E-state index is 6.12. The van der Waals surface area contributed by atoms with Crippen molar-refractivity contribution in [3.8, 4) is 17.2 Å². The van der Waals surface area contributed by atoms with Gasteiger partial charge in [0.15, 0.2) is 0 Å². The summed E-state index contributed by atoms with van der Waals surface area (Å²) in [5, 5.41) is 4.56. The normalized spacial score (nSPS) is 11.6. The Hall–Kier alpha value is -2.50. The average Bonchev–Trinajstić information content (AvgIpc) is 2.71. The third-order valence-corrected chi connectivity index (χ3v) is 4.93. The van der Waals surface area contributed by atoms with Gasteiger partial charge in [-0.2, -0.15) is 0 Å². The van der Waals surface area contributed by atoms with Crippen LogP contribution in [0.1, 0.15) is 13.3 Å². The monoisotopic (exact) mass is 410 g/mol. The first-order valence-electron chi connectivity index (χ1n) is 10.7. The zero-order chi connectivity index (χ0) is 21.5. The van der Waals surface area contributed by atoms with Gasteiger partial charge in [-0.25, -0.2) is 0 Å². The van der Waals surface area contributed by atoms with Crippen LogP contribution in [0.4, 0.5) is 0 Å². The number of hydrogen-bond donors (Lipinski definition) is 0. The van der Waals surface area contributed by atoms with E-state index in [1.54, 1.807) is 0 Å². The van der Waals surface area contributed by atoms with E-state index in [-0.39, 0.29) is 0 Å². The minimum absolute atomic E-state index is 0.658. The Kier molecular flexibility index (Phi) is 7.77. The predicted octanol–water partition coefficient (Wildman–Crippen LogP) is 4.66. The number of benzene rings is 3. The molecule has 0 saturated heterocycles. The molecule has 3 aromatic carbocycles. The molecule has 0 spiro atoms. The molecule has 162 valence electrons. The van der Waals surface area contributed by atoms with Gasteiger partial charge in [0.1, 0.15) is 30.5 Å². The van der Waals surface area contributed by atoms with Gasteiger partial charge in [-0.3, -0.25) is 0 Å². The quantitative estimate of drug-likeness (QED) is 0.430. The molecule has 0 unspecified atom stereocenters. The summed E-state index contributed by atoms with van der Waals surface area (Å²) in [6.07, 6.45) is 0.965. The Morgan fingerprint density at radius 3 is 1.83 bits per heavy atom. The molecule has 0 fully saturated rings. The molecule has 5 nitrogen and oxygen atoms in total. The number of ether oxygens (including phenoxy) is 3. The second-order valence-electron chi connectivity index (χ2n) is 8.12. The molecule has 3 rings (SSSR count). The van der Waals surface area contributed by atoms with E-state index in [4.69, 9.17) is 14.2 Å². The highest BCUT2D eigenvalue weighted by Gasteiger charge is 2.11. The summed E-state index contributed by atoms with van der Waals surface area (Å²) < 4.78 is 18.0. The molecule has 5 heteroatoms. The zero-order valence-corrected chi connectivity index (χ0v) is 18.9. The number of likely N-dealkylation sites (N-methyl/N-ethyl adjacent to an activating group) is 2. The molecule has 0 N–H and O–H groups in total. The van der Waals surface area contributed by atoms with E-state index in [1.807, 2.05) is 40.3 Å². The fraction of sp³-hybridized carbons (Fsp3) is 0.440. The van der Waals surface area contributed by atoms with Crippen LogP contribution in [0.2, 0.25) is 0 Å². The van der Waals surface area contributed by atoms with Crippen molar-refractivity contribution in [1.82, 2.24) is 9.80 Å². The minimum atomic E-state index is 0.658. The van der Waals surface area contributed by atoms with Gasteiger partial charge in [-0.05, 0) is 87.2 Å². The summed E-state index contributed by atoms with van der Waals surface area (Å²) in [6, 6.07) is 14.7. The van der Waals surface area contributed by atoms with Gasteiger partial charge in [-0.1, -0.05) is 13.0 Å². The van der Waals surface area contributed by atoms with Crippen molar-refractivity contribution >= 4 is 21.5 Å². The number of nitrogens with zero attached hydrogens (tertiary/aromatic N) is 2. The van der Waals surface area contributed by atoms with Crippen LogP contribution in [0.5, 0.6) is 17.2 Å². The average molecular weight is 411 g/mol. The van der Waals surface area contributed by atoms with Gasteiger partial charge in [0.25, 0.3) is 0 Å². The van der Waals surface area contributed by atoms with Crippen molar-refractivity contribution in [1.29, 1.82) is 0 Å². The van der Waals surface area contributed by atoms with Crippen molar-refractivity contribution in [2.45, 2.75) is 13.3 Å². The Balaban J connectivity index is 1.95. The summed E-state index contributed by atoms with van der Waals surface area (Å²) in [6.45, 7) is 5.90. The van der Waals surface area contributed by atoms with Gasteiger partial charge in [0.2, 0.25) is 0 Å². The second-order valence-corrected chi connectivity index (χ2v) is 8.12. The first kappa shape index (κ1) is 22.2. The molecule has 0 aliphatic rings. The van der Waals surface area contributed by atoms with Gasteiger partial charge >= 0.3 is 0 Å². The Morgan fingerprint density at radius 2 is 1.23 bits per heavy atom. The molecule has 3 aromatic rings. The molecule has 0 atom stereocenters. The van der Waals surface area contributed by atoms with Crippen LogP contribution in [0.25, 0.3) is 21.5 Å². The van der Waals surface area contributed by atoms with Crippen LogP contribution in [0.3, 0.4) is 0 Å². The van der Waals surface area contributed by atoms with Gasteiger partial charge in [0.05, 0.1) is 6.61 Å². The molecule has 0 aliphatic heterocycles. The minimum Gasteiger partial charge on any atom is -0.493 e. The van der Waals surface area contributed by atoms with Crippen LogP contribution < -0.4 is 14.2 Å². The number of hydrogen-bond acceptors (Lipinski definition) is 5. The third-order valence-electron chi connectivity index (χ3n) is 4.93. The van der Waals surface area contributed by atoms with Crippen molar-refractivity contribution < 1.29 is 14.2 Å².